The lowest BCUT2D eigenvalue weighted by atomic mass is 9.72. The molecule has 1 atom stereocenters. The number of nitrogens with one attached hydrogen (secondary N) is 1. The SMILES string of the molecule is CCOC(=O)C(C)CNCc1ccc2cc(OC3CCC(C(C)(C)C)CC3)ccc2c1. The molecule has 1 aliphatic rings. The van der Waals surface area contributed by atoms with Gasteiger partial charge in [-0.15, -0.1) is 0 Å². The Bertz CT molecular complexity index is 862. The van der Waals surface area contributed by atoms with Crippen LogP contribution >= 0.6 is 0 Å². The van der Waals surface area contributed by atoms with Gasteiger partial charge < -0.3 is 14.8 Å². The van der Waals surface area contributed by atoms with Crippen molar-refractivity contribution in [1.29, 1.82) is 0 Å². The van der Waals surface area contributed by atoms with E-state index in [0.717, 1.165) is 31.1 Å². The van der Waals surface area contributed by atoms with Crippen molar-refractivity contribution in [2.24, 2.45) is 17.3 Å². The quantitative estimate of drug-likeness (QED) is 0.518. The lowest BCUT2D eigenvalue weighted by molar-refractivity contribution is -0.147. The summed E-state index contributed by atoms with van der Waals surface area (Å²) in [5.41, 5.74) is 1.61. The van der Waals surface area contributed by atoms with Crippen LogP contribution in [0.2, 0.25) is 0 Å². The normalized spacial score (nSPS) is 20.4. The summed E-state index contributed by atoms with van der Waals surface area (Å²) >= 11 is 0. The maximum absolute atomic E-state index is 11.7. The van der Waals surface area contributed by atoms with Crippen molar-refractivity contribution in [3.05, 3.63) is 42.0 Å². The van der Waals surface area contributed by atoms with Gasteiger partial charge in [0.15, 0.2) is 0 Å². The first-order valence-corrected chi connectivity index (χ1v) is 11.8. The number of esters is 1. The van der Waals surface area contributed by atoms with E-state index in [0.29, 0.717) is 24.7 Å². The van der Waals surface area contributed by atoms with Gasteiger partial charge in [-0.05, 0) is 78.5 Å². The Hall–Kier alpha value is -2.07. The van der Waals surface area contributed by atoms with E-state index in [1.54, 1.807) is 0 Å². The molecule has 0 aromatic heterocycles. The first-order valence-electron chi connectivity index (χ1n) is 11.8. The van der Waals surface area contributed by atoms with Gasteiger partial charge in [0.1, 0.15) is 5.75 Å². The predicted molar refractivity (Wildman–Crippen MR) is 127 cm³/mol. The zero-order chi connectivity index (χ0) is 22.4. The molecule has 2 aromatic rings. The molecule has 170 valence electrons. The molecule has 4 heteroatoms. The molecule has 0 amide bonds. The zero-order valence-corrected chi connectivity index (χ0v) is 19.9. The van der Waals surface area contributed by atoms with Gasteiger partial charge in [-0.2, -0.15) is 0 Å². The maximum Gasteiger partial charge on any atom is 0.309 e. The van der Waals surface area contributed by atoms with Crippen LogP contribution in [0, 0.1) is 17.3 Å². The van der Waals surface area contributed by atoms with Crippen molar-refractivity contribution in [2.45, 2.75) is 73.0 Å². The van der Waals surface area contributed by atoms with Crippen LogP contribution in [0.25, 0.3) is 10.8 Å². The summed E-state index contributed by atoms with van der Waals surface area (Å²) in [5.74, 6) is 1.49. The number of carbonyl (C=O) groups excluding carboxylic acids is 1. The summed E-state index contributed by atoms with van der Waals surface area (Å²) in [6.45, 7) is 12.6. The van der Waals surface area contributed by atoms with Crippen LogP contribution in [0.3, 0.4) is 0 Å². The summed E-state index contributed by atoms with van der Waals surface area (Å²) in [7, 11) is 0. The maximum atomic E-state index is 11.7. The van der Waals surface area contributed by atoms with Crippen molar-refractivity contribution < 1.29 is 14.3 Å². The Labute approximate surface area is 187 Å². The minimum absolute atomic E-state index is 0.140. The van der Waals surface area contributed by atoms with Gasteiger partial charge in [0.25, 0.3) is 0 Å². The van der Waals surface area contributed by atoms with Crippen LogP contribution in [0.5, 0.6) is 5.75 Å². The number of benzene rings is 2. The van der Waals surface area contributed by atoms with Gasteiger partial charge in [-0.1, -0.05) is 45.9 Å². The van der Waals surface area contributed by atoms with Crippen LogP contribution in [0.4, 0.5) is 0 Å². The Morgan fingerprint density at radius 1 is 1.06 bits per heavy atom. The van der Waals surface area contributed by atoms with Crippen LogP contribution in [0.15, 0.2) is 36.4 Å². The molecule has 0 bridgehead atoms. The first kappa shape index (κ1) is 23.6. The molecule has 1 aliphatic carbocycles. The Morgan fingerprint density at radius 3 is 2.42 bits per heavy atom. The summed E-state index contributed by atoms with van der Waals surface area (Å²) in [6.07, 6.45) is 5.14. The fraction of sp³-hybridized carbons (Fsp3) is 0.593. The molecule has 1 fully saturated rings. The second kappa shape index (κ2) is 10.5. The minimum Gasteiger partial charge on any atom is -0.490 e. The molecule has 0 spiro atoms. The fourth-order valence-corrected chi connectivity index (χ4v) is 4.50. The Morgan fingerprint density at radius 2 is 1.74 bits per heavy atom. The molecule has 0 aliphatic heterocycles. The molecule has 4 nitrogen and oxygen atoms in total. The number of fused-ring (bicyclic) bond motifs is 1. The van der Waals surface area contributed by atoms with Crippen LogP contribution in [0.1, 0.15) is 65.9 Å². The molecule has 0 saturated heterocycles. The molecular weight excluding hydrogens is 386 g/mol. The van der Waals surface area contributed by atoms with Crippen molar-refractivity contribution in [1.82, 2.24) is 5.32 Å². The standard InChI is InChI=1S/C27H39NO3/c1-6-30-26(29)19(2)17-28-18-20-7-8-22-16-25(12-9-21(22)15-20)31-24-13-10-23(11-14-24)27(3,4)5/h7-9,12,15-16,19,23-24,28H,6,10-11,13-14,17-18H2,1-5H3. The number of ether oxygens (including phenoxy) is 2. The number of rotatable bonds is 8. The molecule has 2 aromatic carbocycles. The number of hydrogen-bond donors (Lipinski definition) is 1. The molecule has 31 heavy (non-hydrogen) atoms. The highest BCUT2D eigenvalue weighted by Gasteiger charge is 2.30. The van der Waals surface area contributed by atoms with E-state index in [4.69, 9.17) is 9.47 Å². The molecule has 1 saturated carbocycles. The van der Waals surface area contributed by atoms with E-state index in [2.05, 4.69) is 62.5 Å². The third kappa shape index (κ3) is 6.70. The second-order valence-electron chi connectivity index (χ2n) is 10.1. The molecule has 3 rings (SSSR count). The van der Waals surface area contributed by atoms with E-state index >= 15 is 0 Å². The van der Waals surface area contributed by atoms with E-state index in [1.165, 1.54) is 29.2 Å². The summed E-state index contributed by atoms with van der Waals surface area (Å²) in [6, 6.07) is 12.9. The third-order valence-electron chi connectivity index (χ3n) is 6.55. The molecule has 0 heterocycles. The topological polar surface area (TPSA) is 47.6 Å². The largest absolute Gasteiger partial charge is 0.490 e. The van der Waals surface area contributed by atoms with Gasteiger partial charge in [0, 0.05) is 13.1 Å². The highest BCUT2D eigenvalue weighted by atomic mass is 16.5. The fourth-order valence-electron chi connectivity index (χ4n) is 4.50. The number of carbonyl (C=O) groups is 1. The lowest BCUT2D eigenvalue weighted by Gasteiger charge is -2.37. The van der Waals surface area contributed by atoms with E-state index in [1.807, 2.05) is 13.8 Å². The average molecular weight is 426 g/mol. The van der Waals surface area contributed by atoms with E-state index in [9.17, 15) is 4.79 Å². The number of hydrogen-bond acceptors (Lipinski definition) is 4. The van der Waals surface area contributed by atoms with Gasteiger partial charge in [-0.25, -0.2) is 0 Å². The summed E-state index contributed by atoms with van der Waals surface area (Å²) in [4.78, 5) is 11.7. The van der Waals surface area contributed by atoms with Crippen molar-refractivity contribution in [3.8, 4) is 5.75 Å². The molecule has 0 radical (unpaired) electrons. The second-order valence-corrected chi connectivity index (χ2v) is 10.1. The van der Waals surface area contributed by atoms with Gasteiger partial charge >= 0.3 is 5.97 Å². The van der Waals surface area contributed by atoms with Crippen molar-refractivity contribution in [2.75, 3.05) is 13.2 Å². The zero-order valence-electron chi connectivity index (χ0n) is 19.9. The van der Waals surface area contributed by atoms with E-state index in [-0.39, 0.29) is 11.9 Å². The Kier molecular flexibility index (Phi) is 7.99. The van der Waals surface area contributed by atoms with Crippen molar-refractivity contribution in [3.63, 3.8) is 0 Å². The smallest absolute Gasteiger partial charge is 0.309 e. The molecule has 1 unspecified atom stereocenters. The van der Waals surface area contributed by atoms with Crippen LogP contribution in [-0.4, -0.2) is 25.2 Å². The molecule has 1 N–H and O–H groups in total. The van der Waals surface area contributed by atoms with Crippen molar-refractivity contribution >= 4 is 16.7 Å². The average Bonchev–Trinajstić information content (AvgIpc) is 2.73. The van der Waals surface area contributed by atoms with Crippen LogP contribution in [-0.2, 0) is 16.1 Å². The minimum atomic E-state index is -0.145. The van der Waals surface area contributed by atoms with Gasteiger partial charge in [-0.3, -0.25) is 4.79 Å². The highest BCUT2D eigenvalue weighted by molar-refractivity contribution is 5.84. The third-order valence-corrected chi connectivity index (χ3v) is 6.55. The molecular formula is C27H39NO3. The summed E-state index contributed by atoms with van der Waals surface area (Å²) in [5, 5.41) is 5.77. The van der Waals surface area contributed by atoms with Gasteiger partial charge in [0.2, 0.25) is 0 Å². The highest BCUT2D eigenvalue weighted by Crippen LogP contribution is 2.39. The van der Waals surface area contributed by atoms with E-state index < -0.39 is 0 Å². The monoisotopic (exact) mass is 425 g/mol. The van der Waals surface area contributed by atoms with Crippen LogP contribution < -0.4 is 10.1 Å². The van der Waals surface area contributed by atoms with Gasteiger partial charge in [0.05, 0.1) is 18.6 Å². The first-order chi connectivity index (χ1) is 14.8. The lowest BCUT2D eigenvalue weighted by Crippen LogP contribution is -2.30. The predicted octanol–water partition coefficient (Wildman–Crippen LogP) is 6.11. The Balaban J connectivity index is 1.52. The summed E-state index contributed by atoms with van der Waals surface area (Å²) < 4.78 is 11.4.